The molecule has 2 atom stereocenters. The molecule has 0 N–H and O–H groups in total. The number of anilines is 1. The van der Waals surface area contributed by atoms with Gasteiger partial charge in [-0.05, 0) is 76.4 Å². The maximum absolute atomic E-state index is 12.8. The van der Waals surface area contributed by atoms with Gasteiger partial charge in [0.15, 0.2) is 0 Å². The molecule has 0 spiro atoms. The van der Waals surface area contributed by atoms with Crippen LogP contribution in [-0.4, -0.2) is 42.4 Å². The Morgan fingerprint density at radius 2 is 1.64 bits per heavy atom. The molecule has 0 aliphatic carbocycles. The Bertz CT molecular complexity index is 594. The van der Waals surface area contributed by atoms with Crippen LogP contribution in [0.2, 0.25) is 0 Å². The number of likely N-dealkylation sites (tertiary alicyclic amines) is 1. The zero-order valence-electron chi connectivity index (χ0n) is 14.6. The van der Waals surface area contributed by atoms with Crippen LogP contribution in [0.1, 0.15) is 44.6 Å². The fourth-order valence-corrected chi connectivity index (χ4v) is 4.24. The first kappa shape index (κ1) is 18.2. The summed E-state index contributed by atoms with van der Waals surface area (Å²) in [6, 6.07) is 5.25. The van der Waals surface area contributed by atoms with E-state index in [0.29, 0.717) is 0 Å². The highest BCUT2D eigenvalue weighted by molar-refractivity contribution is 5.83. The van der Waals surface area contributed by atoms with Crippen LogP contribution < -0.4 is 4.90 Å². The van der Waals surface area contributed by atoms with Gasteiger partial charge in [-0.2, -0.15) is 13.2 Å². The summed E-state index contributed by atoms with van der Waals surface area (Å²) in [5, 5.41) is 0. The van der Waals surface area contributed by atoms with Crippen molar-refractivity contribution in [3.63, 3.8) is 0 Å². The van der Waals surface area contributed by atoms with Crippen LogP contribution in [0.5, 0.6) is 0 Å². The SMILES string of the molecule is CC(=O)C(C1CCCCN1c1ccc(C(F)(F)F)cc1)N1CCCC1. The highest BCUT2D eigenvalue weighted by Crippen LogP contribution is 2.33. The maximum atomic E-state index is 12.8. The first-order chi connectivity index (χ1) is 11.9. The van der Waals surface area contributed by atoms with Crippen LogP contribution in [0.3, 0.4) is 0 Å². The summed E-state index contributed by atoms with van der Waals surface area (Å²) in [6.07, 6.45) is 0.855. The molecule has 2 unspecified atom stereocenters. The average Bonchev–Trinajstić information content (AvgIpc) is 3.08. The maximum Gasteiger partial charge on any atom is 0.416 e. The Morgan fingerprint density at radius 1 is 1.04 bits per heavy atom. The normalized spacial score (nSPS) is 23.7. The van der Waals surface area contributed by atoms with Crippen molar-refractivity contribution in [2.75, 3.05) is 24.5 Å². The molecule has 2 fully saturated rings. The number of ketones is 1. The molecule has 1 aromatic rings. The third-order valence-corrected chi connectivity index (χ3v) is 5.39. The van der Waals surface area contributed by atoms with E-state index in [1.54, 1.807) is 19.1 Å². The highest BCUT2D eigenvalue weighted by atomic mass is 19.4. The summed E-state index contributed by atoms with van der Waals surface area (Å²) < 4.78 is 38.4. The Balaban J connectivity index is 1.86. The Hall–Kier alpha value is -1.56. The molecule has 2 aliphatic rings. The van der Waals surface area contributed by atoms with E-state index < -0.39 is 11.7 Å². The van der Waals surface area contributed by atoms with Crippen molar-refractivity contribution in [1.82, 2.24) is 4.90 Å². The topological polar surface area (TPSA) is 23.6 Å². The van der Waals surface area contributed by atoms with Crippen molar-refractivity contribution >= 4 is 11.5 Å². The Morgan fingerprint density at radius 3 is 2.20 bits per heavy atom. The van der Waals surface area contributed by atoms with Gasteiger partial charge in [-0.25, -0.2) is 0 Å². The average molecular weight is 354 g/mol. The van der Waals surface area contributed by atoms with Gasteiger partial charge < -0.3 is 4.90 Å². The first-order valence-corrected chi connectivity index (χ1v) is 9.06. The number of halogens is 3. The number of Topliss-reactive ketones (excluding diaryl/α,β-unsaturated/α-hetero) is 1. The van der Waals surface area contributed by atoms with Crippen molar-refractivity contribution in [3.05, 3.63) is 29.8 Å². The number of hydrogen-bond donors (Lipinski definition) is 0. The van der Waals surface area contributed by atoms with Crippen molar-refractivity contribution in [1.29, 1.82) is 0 Å². The molecular weight excluding hydrogens is 329 g/mol. The van der Waals surface area contributed by atoms with E-state index in [9.17, 15) is 18.0 Å². The molecular formula is C19H25F3N2O. The lowest BCUT2D eigenvalue weighted by molar-refractivity contribution is -0.137. The highest BCUT2D eigenvalue weighted by Gasteiger charge is 2.38. The molecule has 25 heavy (non-hydrogen) atoms. The van der Waals surface area contributed by atoms with Crippen LogP contribution >= 0.6 is 0 Å². The summed E-state index contributed by atoms with van der Waals surface area (Å²) in [5.41, 5.74) is 0.149. The quantitative estimate of drug-likeness (QED) is 0.813. The molecule has 2 saturated heterocycles. The monoisotopic (exact) mass is 354 g/mol. The third-order valence-electron chi connectivity index (χ3n) is 5.39. The number of alkyl halides is 3. The van der Waals surface area contributed by atoms with Gasteiger partial charge in [-0.3, -0.25) is 9.69 Å². The van der Waals surface area contributed by atoms with Crippen molar-refractivity contribution in [2.45, 2.75) is 57.3 Å². The summed E-state index contributed by atoms with van der Waals surface area (Å²) in [5.74, 6) is 0.158. The standard InChI is InChI=1S/C19H25F3N2O/c1-14(25)18(23-11-4-5-12-23)17-6-2-3-13-24(17)16-9-7-15(8-10-16)19(20,21)22/h7-10,17-18H,2-6,11-13H2,1H3. The predicted molar refractivity (Wildman–Crippen MR) is 91.7 cm³/mol. The lowest BCUT2D eigenvalue weighted by Crippen LogP contribution is -2.56. The zero-order chi connectivity index (χ0) is 18.0. The molecule has 0 saturated carbocycles. The number of rotatable bonds is 4. The van der Waals surface area contributed by atoms with Crippen LogP contribution in [0.4, 0.5) is 18.9 Å². The lowest BCUT2D eigenvalue weighted by atomic mass is 9.91. The van der Waals surface area contributed by atoms with Gasteiger partial charge in [0.05, 0.1) is 17.6 Å². The molecule has 0 radical (unpaired) electrons. The number of carbonyl (C=O) groups excluding carboxylic acids is 1. The summed E-state index contributed by atoms with van der Waals surface area (Å²) in [6.45, 7) is 4.29. The van der Waals surface area contributed by atoms with Crippen molar-refractivity contribution < 1.29 is 18.0 Å². The van der Waals surface area contributed by atoms with E-state index in [2.05, 4.69) is 9.80 Å². The van der Waals surface area contributed by atoms with Crippen LogP contribution in [0.15, 0.2) is 24.3 Å². The third kappa shape index (κ3) is 4.00. The molecule has 6 heteroatoms. The lowest BCUT2D eigenvalue weighted by Gasteiger charge is -2.44. The number of nitrogens with zero attached hydrogens (tertiary/aromatic N) is 2. The van der Waals surface area contributed by atoms with Gasteiger partial charge in [0.2, 0.25) is 0 Å². The number of carbonyl (C=O) groups is 1. The second kappa shape index (κ2) is 7.36. The molecule has 3 nitrogen and oxygen atoms in total. The zero-order valence-corrected chi connectivity index (χ0v) is 14.6. The minimum absolute atomic E-state index is 0.0427. The van der Waals surface area contributed by atoms with Crippen LogP contribution in [-0.2, 0) is 11.0 Å². The smallest absolute Gasteiger partial charge is 0.367 e. The molecule has 2 heterocycles. The van der Waals surface area contributed by atoms with Gasteiger partial charge >= 0.3 is 6.18 Å². The van der Waals surface area contributed by atoms with Gasteiger partial charge in [0, 0.05) is 12.2 Å². The first-order valence-electron chi connectivity index (χ1n) is 9.06. The Labute approximate surface area is 146 Å². The molecule has 3 rings (SSSR count). The summed E-state index contributed by atoms with van der Waals surface area (Å²) >= 11 is 0. The fourth-order valence-electron chi connectivity index (χ4n) is 4.24. The predicted octanol–water partition coefficient (Wildman–Crippen LogP) is 4.12. The summed E-state index contributed by atoms with van der Waals surface area (Å²) in [4.78, 5) is 16.8. The minimum Gasteiger partial charge on any atom is -0.367 e. The van der Waals surface area contributed by atoms with Crippen molar-refractivity contribution in [2.24, 2.45) is 0 Å². The van der Waals surface area contributed by atoms with Gasteiger partial charge in [0.25, 0.3) is 0 Å². The van der Waals surface area contributed by atoms with E-state index in [1.807, 2.05) is 0 Å². The molecule has 0 bridgehead atoms. The molecule has 138 valence electrons. The van der Waals surface area contributed by atoms with Crippen LogP contribution in [0.25, 0.3) is 0 Å². The molecule has 2 aliphatic heterocycles. The fraction of sp³-hybridized carbons (Fsp3) is 0.632. The Kier molecular flexibility index (Phi) is 5.37. The van der Waals surface area contributed by atoms with Gasteiger partial charge in [-0.1, -0.05) is 0 Å². The number of piperidine rings is 1. The van der Waals surface area contributed by atoms with E-state index >= 15 is 0 Å². The minimum atomic E-state index is -4.32. The number of benzene rings is 1. The second-order valence-corrected chi connectivity index (χ2v) is 7.10. The van der Waals surface area contributed by atoms with Gasteiger partial charge in [-0.15, -0.1) is 0 Å². The largest absolute Gasteiger partial charge is 0.416 e. The van der Waals surface area contributed by atoms with E-state index in [-0.39, 0.29) is 17.9 Å². The molecule has 0 amide bonds. The second-order valence-electron chi connectivity index (χ2n) is 7.10. The van der Waals surface area contributed by atoms with Crippen molar-refractivity contribution in [3.8, 4) is 0 Å². The van der Waals surface area contributed by atoms with Crippen LogP contribution in [0, 0.1) is 0 Å². The van der Waals surface area contributed by atoms with E-state index in [1.165, 1.54) is 0 Å². The molecule has 0 aromatic heterocycles. The number of hydrogen-bond acceptors (Lipinski definition) is 3. The summed E-state index contributed by atoms with van der Waals surface area (Å²) in [7, 11) is 0. The van der Waals surface area contributed by atoms with Gasteiger partial charge in [0.1, 0.15) is 5.78 Å². The molecule has 1 aromatic carbocycles. The van der Waals surface area contributed by atoms with E-state index in [4.69, 9.17) is 0 Å². The van der Waals surface area contributed by atoms with E-state index in [0.717, 1.165) is 69.6 Å².